The number of likely N-dealkylation sites (tertiary alicyclic amines) is 1. The van der Waals surface area contributed by atoms with Crippen LogP contribution in [0.15, 0.2) is 42.7 Å². The summed E-state index contributed by atoms with van der Waals surface area (Å²) in [6.45, 7) is 4.22. The Labute approximate surface area is 155 Å². The van der Waals surface area contributed by atoms with E-state index in [-0.39, 0.29) is 0 Å². The van der Waals surface area contributed by atoms with Gasteiger partial charge in [-0.15, -0.1) is 0 Å². The first-order valence-electron chi connectivity index (χ1n) is 9.85. The van der Waals surface area contributed by atoms with Gasteiger partial charge in [-0.1, -0.05) is 24.3 Å². The lowest BCUT2D eigenvalue weighted by molar-refractivity contribution is -0.136. The maximum Gasteiger partial charge on any atom is 0.237 e. The van der Waals surface area contributed by atoms with E-state index < -0.39 is 0 Å². The van der Waals surface area contributed by atoms with Gasteiger partial charge in [0.05, 0.1) is 6.54 Å². The highest BCUT2D eigenvalue weighted by molar-refractivity contribution is 5.78. The molecule has 0 spiro atoms. The minimum atomic E-state index is 0.301. The van der Waals surface area contributed by atoms with Crippen molar-refractivity contribution in [2.75, 3.05) is 19.6 Å². The van der Waals surface area contributed by atoms with Gasteiger partial charge < -0.3 is 4.90 Å². The molecular weight excluding hydrogens is 324 g/mol. The van der Waals surface area contributed by atoms with Gasteiger partial charge in [0.25, 0.3) is 0 Å². The number of benzene rings is 1. The summed E-state index contributed by atoms with van der Waals surface area (Å²) >= 11 is 0. The van der Waals surface area contributed by atoms with E-state index in [4.69, 9.17) is 0 Å². The van der Waals surface area contributed by atoms with Crippen LogP contribution in [0.1, 0.15) is 36.8 Å². The molecule has 2 aliphatic heterocycles. The third-order valence-electron chi connectivity index (χ3n) is 5.77. The molecule has 1 fully saturated rings. The number of fused-ring (bicyclic) bond motifs is 1. The number of nitrogens with zero attached hydrogens (tertiary/aromatic N) is 4. The second kappa shape index (κ2) is 8.04. The van der Waals surface area contributed by atoms with Crippen molar-refractivity contribution in [3.8, 4) is 0 Å². The Morgan fingerprint density at radius 2 is 2.00 bits per heavy atom. The lowest BCUT2D eigenvalue weighted by Gasteiger charge is -2.38. The van der Waals surface area contributed by atoms with Gasteiger partial charge in [0.1, 0.15) is 0 Å². The smallest absolute Gasteiger partial charge is 0.237 e. The summed E-state index contributed by atoms with van der Waals surface area (Å²) in [5.41, 5.74) is 2.81. The topological polar surface area (TPSA) is 41.4 Å². The number of rotatable bonds is 5. The second-order valence-corrected chi connectivity index (χ2v) is 7.52. The molecule has 1 atom stereocenters. The van der Waals surface area contributed by atoms with Crippen molar-refractivity contribution in [2.24, 2.45) is 0 Å². The summed E-state index contributed by atoms with van der Waals surface area (Å²) < 4.78 is 1.97. The molecule has 1 amide bonds. The number of carbonyl (C=O) groups is 1. The maximum absolute atomic E-state index is 13.0. The van der Waals surface area contributed by atoms with Gasteiger partial charge in [-0.2, -0.15) is 5.10 Å². The van der Waals surface area contributed by atoms with E-state index in [2.05, 4.69) is 39.2 Å². The summed E-state index contributed by atoms with van der Waals surface area (Å²) in [5.74, 6) is 0.301. The van der Waals surface area contributed by atoms with E-state index in [9.17, 15) is 4.79 Å². The van der Waals surface area contributed by atoms with Crippen LogP contribution in [0.2, 0.25) is 0 Å². The molecule has 1 aromatic heterocycles. The predicted octanol–water partition coefficient (Wildman–Crippen LogP) is 2.71. The van der Waals surface area contributed by atoms with Gasteiger partial charge >= 0.3 is 0 Å². The third-order valence-corrected chi connectivity index (χ3v) is 5.77. The molecule has 1 saturated heterocycles. The summed E-state index contributed by atoms with van der Waals surface area (Å²) in [6, 6.07) is 10.9. The molecular formula is C21H28N4O. The van der Waals surface area contributed by atoms with Crippen LogP contribution in [0.4, 0.5) is 0 Å². The first-order chi connectivity index (χ1) is 12.8. The molecule has 26 heavy (non-hydrogen) atoms. The molecule has 1 aromatic carbocycles. The van der Waals surface area contributed by atoms with Crippen LogP contribution >= 0.6 is 0 Å². The largest absolute Gasteiger partial charge is 0.339 e. The fourth-order valence-electron chi connectivity index (χ4n) is 4.31. The third kappa shape index (κ3) is 3.98. The van der Waals surface area contributed by atoms with E-state index in [1.807, 2.05) is 23.1 Å². The molecule has 0 aliphatic carbocycles. The van der Waals surface area contributed by atoms with Crippen LogP contribution in [-0.4, -0.2) is 51.2 Å². The zero-order chi connectivity index (χ0) is 17.8. The van der Waals surface area contributed by atoms with Crippen molar-refractivity contribution in [3.63, 3.8) is 0 Å². The molecule has 4 rings (SSSR count). The average Bonchev–Trinajstić information content (AvgIpc) is 3.20. The quantitative estimate of drug-likeness (QED) is 0.831. The van der Waals surface area contributed by atoms with E-state index in [1.54, 1.807) is 0 Å². The molecule has 0 bridgehead atoms. The Kier molecular flexibility index (Phi) is 5.34. The van der Waals surface area contributed by atoms with Crippen LogP contribution in [0.5, 0.6) is 0 Å². The standard InChI is InChI=1S/C21H28N4O/c26-21(17-23-14-9-18-6-1-2-7-19(18)16-23)25-13-4-3-8-20(25)10-15-24-12-5-11-22-24/h1-2,5-7,11-12,20H,3-4,8-10,13-17H2. The first kappa shape index (κ1) is 17.3. The van der Waals surface area contributed by atoms with Crippen LogP contribution in [0.3, 0.4) is 0 Å². The molecule has 0 saturated carbocycles. The number of carbonyl (C=O) groups excluding carboxylic acids is 1. The SMILES string of the molecule is O=C(CN1CCc2ccccc2C1)N1CCCCC1CCn1cccn1. The van der Waals surface area contributed by atoms with Crippen molar-refractivity contribution >= 4 is 5.91 Å². The zero-order valence-corrected chi connectivity index (χ0v) is 15.4. The van der Waals surface area contributed by atoms with E-state index in [0.29, 0.717) is 18.5 Å². The highest BCUT2D eigenvalue weighted by Gasteiger charge is 2.28. The van der Waals surface area contributed by atoms with Crippen LogP contribution in [0.25, 0.3) is 0 Å². The Morgan fingerprint density at radius 3 is 2.85 bits per heavy atom. The molecule has 2 aliphatic rings. The number of piperidine rings is 1. The monoisotopic (exact) mass is 352 g/mol. The fraction of sp³-hybridized carbons (Fsp3) is 0.524. The van der Waals surface area contributed by atoms with Gasteiger partial charge in [-0.05, 0) is 49.3 Å². The number of amides is 1. The van der Waals surface area contributed by atoms with E-state index in [1.165, 1.54) is 17.5 Å². The van der Waals surface area contributed by atoms with Crippen LogP contribution < -0.4 is 0 Å². The Balaban J connectivity index is 1.35. The highest BCUT2D eigenvalue weighted by Crippen LogP contribution is 2.22. The molecule has 5 heteroatoms. The van der Waals surface area contributed by atoms with E-state index >= 15 is 0 Å². The summed E-state index contributed by atoms with van der Waals surface area (Å²) in [4.78, 5) is 17.5. The highest BCUT2D eigenvalue weighted by atomic mass is 16.2. The number of aromatic nitrogens is 2. The van der Waals surface area contributed by atoms with Gasteiger partial charge in [0.2, 0.25) is 5.91 Å². The Bertz CT molecular complexity index is 727. The lowest BCUT2D eigenvalue weighted by Crippen LogP contribution is -2.49. The van der Waals surface area contributed by atoms with Crippen molar-refractivity contribution in [1.29, 1.82) is 0 Å². The van der Waals surface area contributed by atoms with Gasteiger partial charge in [0, 0.05) is 44.6 Å². The Hall–Kier alpha value is -2.14. The second-order valence-electron chi connectivity index (χ2n) is 7.52. The van der Waals surface area contributed by atoms with Gasteiger partial charge in [-0.25, -0.2) is 0 Å². The van der Waals surface area contributed by atoms with Crippen molar-refractivity contribution < 1.29 is 4.79 Å². The zero-order valence-electron chi connectivity index (χ0n) is 15.4. The predicted molar refractivity (Wildman–Crippen MR) is 102 cm³/mol. The number of hydrogen-bond donors (Lipinski definition) is 0. The van der Waals surface area contributed by atoms with Crippen molar-refractivity contribution in [2.45, 2.75) is 51.2 Å². The average molecular weight is 352 g/mol. The normalized spacial score (nSPS) is 20.8. The van der Waals surface area contributed by atoms with Crippen LogP contribution in [0, 0.1) is 0 Å². The minimum absolute atomic E-state index is 0.301. The van der Waals surface area contributed by atoms with Gasteiger partial charge in [0.15, 0.2) is 0 Å². The molecule has 2 aromatic rings. The molecule has 1 unspecified atom stereocenters. The maximum atomic E-state index is 13.0. The molecule has 3 heterocycles. The lowest BCUT2D eigenvalue weighted by atomic mass is 9.98. The van der Waals surface area contributed by atoms with Crippen molar-refractivity contribution in [3.05, 3.63) is 53.9 Å². The van der Waals surface area contributed by atoms with E-state index in [0.717, 1.165) is 51.9 Å². The molecule has 0 N–H and O–H groups in total. The summed E-state index contributed by atoms with van der Waals surface area (Å²) in [7, 11) is 0. The summed E-state index contributed by atoms with van der Waals surface area (Å²) in [5, 5.41) is 4.29. The molecule has 5 nitrogen and oxygen atoms in total. The van der Waals surface area contributed by atoms with Gasteiger partial charge in [-0.3, -0.25) is 14.4 Å². The number of hydrogen-bond acceptors (Lipinski definition) is 3. The molecule has 0 radical (unpaired) electrons. The summed E-state index contributed by atoms with van der Waals surface area (Å²) in [6.07, 6.45) is 9.34. The Morgan fingerprint density at radius 1 is 1.12 bits per heavy atom. The fourth-order valence-corrected chi connectivity index (χ4v) is 4.31. The first-order valence-corrected chi connectivity index (χ1v) is 9.85. The van der Waals surface area contributed by atoms with Crippen molar-refractivity contribution in [1.82, 2.24) is 19.6 Å². The van der Waals surface area contributed by atoms with Crippen LogP contribution in [-0.2, 0) is 24.3 Å². The molecule has 138 valence electrons. The minimum Gasteiger partial charge on any atom is -0.339 e. The number of aryl methyl sites for hydroxylation is 1.